The first kappa shape index (κ1) is 16.6. The number of rotatable bonds is 4. The van der Waals surface area contributed by atoms with Crippen LogP contribution < -0.4 is 15.8 Å². The van der Waals surface area contributed by atoms with Crippen LogP contribution in [-0.4, -0.2) is 43.9 Å². The lowest BCUT2D eigenvalue weighted by Crippen LogP contribution is -2.44. The van der Waals surface area contributed by atoms with Gasteiger partial charge in [0.25, 0.3) is 5.56 Å². The van der Waals surface area contributed by atoms with Crippen LogP contribution >= 0.6 is 0 Å². The molecular weight excluding hydrogens is 330 g/mol. The second kappa shape index (κ2) is 6.78. The number of aromatic nitrogens is 5. The van der Waals surface area contributed by atoms with Crippen molar-refractivity contribution in [2.75, 3.05) is 23.3 Å². The Hall–Kier alpha value is -2.90. The summed E-state index contributed by atoms with van der Waals surface area (Å²) in [6.45, 7) is 5.68. The van der Waals surface area contributed by atoms with E-state index < -0.39 is 0 Å². The summed E-state index contributed by atoms with van der Waals surface area (Å²) in [7, 11) is 0. The van der Waals surface area contributed by atoms with Crippen molar-refractivity contribution in [3.8, 4) is 0 Å². The van der Waals surface area contributed by atoms with Gasteiger partial charge in [0.1, 0.15) is 11.6 Å². The van der Waals surface area contributed by atoms with Crippen LogP contribution in [0, 0.1) is 13.8 Å². The molecule has 0 radical (unpaired) electrons. The van der Waals surface area contributed by atoms with Crippen molar-refractivity contribution in [2.45, 2.75) is 39.2 Å². The van der Waals surface area contributed by atoms with E-state index in [1.807, 2.05) is 30.5 Å². The average Bonchev–Trinajstić information content (AvgIpc) is 3.01. The number of hydrogen-bond donors (Lipinski definition) is 2. The van der Waals surface area contributed by atoms with E-state index in [9.17, 15) is 4.79 Å². The molecule has 3 aromatic heterocycles. The van der Waals surface area contributed by atoms with Crippen molar-refractivity contribution in [3.63, 3.8) is 0 Å². The molecule has 0 bridgehead atoms. The minimum atomic E-state index is -0.177. The molecule has 8 heteroatoms. The molecule has 1 aliphatic heterocycles. The second-order valence-electron chi connectivity index (χ2n) is 6.84. The van der Waals surface area contributed by atoms with Gasteiger partial charge in [0.05, 0.1) is 5.69 Å². The molecule has 0 amide bonds. The van der Waals surface area contributed by atoms with E-state index in [-0.39, 0.29) is 5.56 Å². The molecule has 0 saturated carbocycles. The van der Waals surface area contributed by atoms with E-state index in [1.54, 1.807) is 6.07 Å². The van der Waals surface area contributed by atoms with Crippen molar-refractivity contribution < 1.29 is 0 Å². The third-order valence-electron chi connectivity index (χ3n) is 4.78. The second-order valence-corrected chi connectivity index (χ2v) is 6.84. The lowest BCUT2D eigenvalue weighted by Gasteiger charge is -2.36. The Morgan fingerprint density at radius 2 is 2.12 bits per heavy atom. The fourth-order valence-electron chi connectivity index (χ4n) is 3.57. The van der Waals surface area contributed by atoms with Crippen LogP contribution in [0.2, 0.25) is 0 Å². The summed E-state index contributed by atoms with van der Waals surface area (Å²) in [5.74, 6) is 1.77. The lowest BCUT2D eigenvalue weighted by atomic mass is 10.0. The molecule has 2 N–H and O–H groups in total. The number of piperidine rings is 1. The summed E-state index contributed by atoms with van der Waals surface area (Å²) >= 11 is 0. The van der Waals surface area contributed by atoms with Crippen LogP contribution in [0.4, 0.5) is 11.6 Å². The Balaban J connectivity index is 1.56. The normalized spacial score (nSPS) is 17.6. The Morgan fingerprint density at radius 3 is 2.92 bits per heavy atom. The SMILES string of the molecule is Cc1cc(NCC2CCCCN2c2ccc(=O)[nH]n2)n2nc(C)cc2n1. The van der Waals surface area contributed by atoms with Crippen LogP contribution in [0.1, 0.15) is 30.7 Å². The van der Waals surface area contributed by atoms with E-state index in [4.69, 9.17) is 0 Å². The fourth-order valence-corrected chi connectivity index (χ4v) is 3.57. The molecule has 0 spiro atoms. The predicted octanol–water partition coefficient (Wildman–Crippen LogP) is 1.90. The maximum Gasteiger partial charge on any atom is 0.264 e. The van der Waals surface area contributed by atoms with Gasteiger partial charge in [-0.1, -0.05) is 0 Å². The molecule has 4 rings (SSSR count). The van der Waals surface area contributed by atoms with Gasteiger partial charge in [0.2, 0.25) is 0 Å². The monoisotopic (exact) mass is 353 g/mol. The van der Waals surface area contributed by atoms with Crippen LogP contribution in [-0.2, 0) is 0 Å². The molecule has 0 aliphatic carbocycles. The van der Waals surface area contributed by atoms with Crippen LogP contribution in [0.25, 0.3) is 5.65 Å². The highest BCUT2D eigenvalue weighted by atomic mass is 16.1. The Bertz CT molecular complexity index is 957. The highest BCUT2D eigenvalue weighted by Crippen LogP contribution is 2.23. The van der Waals surface area contributed by atoms with Crippen LogP contribution in [0.3, 0.4) is 0 Å². The first-order valence-corrected chi connectivity index (χ1v) is 9.00. The number of hydrogen-bond acceptors (Lipinski definition) is 6. The molecule has 4 heterocycles. The van der Waals surface area contributed by atoms with E-state index in [2.05, 4.69) is 30.5 Å². The van der Waals surface area contributed by atoms with Gasteiger partial charge in [-0.3, -0.25) is 4.79 Å². The van der Waals surface area contributed by atoms with Gasteiger partial charge in [-0.2, -0.15) is 14.7 Å². The van der Waals surface area contributed by atoms with Gasteiger partial charge in [-0.15, -0.1) is 0 Å². The third kappa shape index (κ3) is 3.26. The molecule has 1 aliphatic rings. The summed E-state index contributed by atoms with van der Waals surface area (Å²) < 4.78 is 1.85. The van der Waals surface area contributed by atoms with Gasteiger partial charge in [-0.05, 0) is 39.2 Å². The molecule has 1 fully saturated rings. The van der Waals surface area contributed by atoms with Crippen molar-refractivity contribution in [1.82, 2.24) is 24.8 Å². The lowest BCUT2D eigenvalue weighted by molar-refractivity contribution is 0.467. The average molecular weight is 353 g/mol. The fraction of sp³-hybridized carbons (Fsp3) is 0.444. The van der Waals surface area contributed by atoms with Gasteiger partial charge >= 0.3 is 0 Å². The standard InChI is InChI=1S/C18H23N7O/c1-12-9-16(25-17(20-12)10-13(2)23-25)19-11-14-5-3-4-8-24(14)15-6-7-18(26)22-21-15/h6-7,9-10,14,19H,3-5,8,11H2,1-2H3,(H,22,26). The minimum Gasteiger partial charge on any atom is -0.368 e. The maximum absolute atomic E-state index is 11.3. The number of fused-ring (bicyclic) bond motifs is 1. The first-order valence-electron chi connectivity index (χ1n) is 9.00. The zero-order valence-electron chi connectivity index (χ0n) is 15.1. The minimum absolute atomic E-state index is 0.177. The molecule has 8 nitrogen and oxygen atoms in total. The number of nitrogens with one attached hydrogen (secondary N) is 2. The molecule has 0 aromatic carbocycles. The molecule has 136 valence electrons. The molecule has 1 atom stereocenters. The molecule has 3 aromatic rings. The molecule has 1 saturated heterocycles. The van der Waals surface area contributed by atoms with Crippen molar-refractivity contribution in [1.29, 1.82) is 0 Å². The zero-order valence-corrected chi connectivity index (χ0v) is 15.1. The first-order chi connectivity index (χ1) is 12.6. The highest BCUT2D eigenvalue weighted by molar-refractivity contribution is 5.50. The summed E-state index contributed by atoms with van der Waals surface area (Å²) in [5, 5.41) is 14.8. The van der Waals surface area contributed by atoms with Gasteiger partial charge in [0.15, 0.2) is 5.65 Å². The third-order valence-corrected chi connectivity index (χ3v) is 4.78. The maximum atomic E-state index is 11.3. The molecular formula is C18H23N7O. The van der Waals surface area contributed by atoms with E-state index in [0.717, 1.165) is 54.6 Å². The Morgan fingerprint density at radius 1 is 1.23 bits per heavy atom. The van der Waals surface area contributed by atoms with Gasteiger partial charge < -0.3 is 10.2 Å². The van der Waals surface area contributed by atoms with Crippen LogP contribution in [0.15, 0.2) is 29.1 Å². The topological polar surface area (TPSA) is 91.2 Å². The summed E-state index contributed by atoms with van der Waals surface area (Å²) in [5.41, 5.74) is 2.59. The number of aryl methyl sites for hydroxylation is 2. The number of anilines is 2. The van der Waals surface area contributed by atoms with Gasteiger partial charge in [0, 0.05) is 43.0 Å². The Kier molecular flexibility index (Phi) is 4.32. The van der Waals surface area contributed by atoms with Crippen LogP contribution in [0.5, 0.6) is 0 Å². The molecule has 1 unspecified atom stereocenters. The van der Waals surface area contributed by atoms with E-state index in [1.165, 1.54) is 12.5 Å². The highest BCUT2D eigenvalue weighted by Gasteiger charge is 2.24. The number of aromatic amines is 1. The smallest absolute Gasteiger partial charge is 0.264 e. The van der Waals surface area contributed by atoms with Crippen molar-refractivity contribution in [2.24, 2.45) is 0 Å². The van der Waals surface area contributed by atoms with Crippen molar-refractivity contribution in [3.05, 3.63) is 46.0 Å². The summed E-state index contributed by atoms with van der Waals surface area (Å²) in [4.78, 5) is 18.1. The zero-order chi connectivity index (χ0) is 18.1. The predicted molar refractivity (Wildman–Crippen MR) is 101 cm³/mol. The van der Waals surface area contributed by atoms with E-state index >= 15 is 0 Å². The summed E-state index contributed by atoms with van der Waals surface area (Å²) in [6, 6.07) is 7.63. The number of nitrogens with zero attached hydrogens (tertiary/aromatic N) is 5. The quantitative estimate of drug-likeness (QED) is 0.744. The molecule has 26 heavy (non-hydrogen) atoms. The Labute approximate surface area is 151 Å². The van der Waals surface area contributed by atoms with Gasteiger partial charge in [-0.25, -0.2) is 10.1 Å². The largest absolute Gasteiger partial charge is 0.368 e. The summed E-state index contributed by atoms with van der Waals surface area (Å²) in [6.07, 6.45) is 3.41. The number of H-pyrrole nitrogens is 1. The van der Waals surface area contributed by atoms with Crippen molar-refractivity contribution >= 4 is 17.3 Å². The van der Waals surface area contributed by atoms with E-state index in [0.29, 0.717) is 6.04 Å².